The Morgan fingerprint density at radius 3 is 2.49 bits per heavy atom. The van der Waals surface area contributed by atoms with Gasteiger partial charge in [-0.2, -0.15) is 0 Å². The van der Waals surface area contributed by atoms with Crippen molar-refractivity contribution in [2.75, 3.05) is 5.32 Å². The van der Waals surface area contributed by atoms with Crippen molar-refractivity contribution < 1.29 is 14.4 Å². The van der Waals surface area contributed by atoms with Gasteiger partial charge in [-0.15, -0.1) is 0 Å². The van der Waals surface area contributed by atoms with E-state index in [2.05, 4.69) is 15.3 Å². The van der Waals surface area contributed by atoms with E-state index in [0.29, 0.717) is 34.0 Å². The lowest BCUT2D eigenvalue weighted by molar-refractivity contribution is -0.122. The molecule has 0 fully saturated rings. The molecule has 8 heteroatoms. The number of carbonyl (C=O) groups excluding carboxylic acids is 3. The van der Waals surface area contributed by atoms with Crippen LogP contribution in [0.1, 0.15) is 49.9 Å². The zero-order chi connectivity index (χ0) is 27.4. The number of carbonyl (C=O) groups is 3. The van der Waals surface area contributed by atoms with Gasteiger partial charge in [0.05, 0.1) is 6.04 Å². The van der Waals surface area contributed by atoms with E-state index in [1.807, 2.05) is 25.1 Å². The lowest BCUT2D eigenvalue weighted by Crippen LogP contribution is -2.44. The molecule has 2 aromatic heterocycles. The van der Waals surface area contributed by atoms with Crippen LogP contribution in [0.5, 0.6) is 0 Å². The number of halogens is 1. The largest absolute Gasteiger partial charge is 0.324 e. The summed E-state index contributed by atoms with van der Waals surface area (Å²) in [4.78, 5) is 50.1. The highest BCUT2D eigenvalue weighted by Crippen LogP contribution is 2.27. The molecule has 1 aliphatic heterocycles. The van der Waals surface area contributed by atoms with Crippen LogP contribution < -0.4 is 5.32 Å². The summed E-state index contributed by atoms with van der Waals surface area (Å²) in [6.07, 6.45) is 6.47. The second-order valence-corrected chi connectivity index (χ2v) is 9.95. The fraction of sp³-hybridized carbons (Fsp3) is 0.194. The highest BCUT2D eigenvalue weighted by Gasteiger charge is 2.35. The Morgan fingerprint density at radius 2 is 1.79 bits per heavy atom. The van der Waals surface area contributed by atoms with Gasteiger partial charge >= 0.3 is 0 Å². The van der Waals surface area contributed by atoms with Crippen LogP contribution in [0.2, 0.25) is 5.02 Å². The van der Waals surface area contributed by atoms with E-state index in [1.54, 1.807) is 72.0 Å². The number of benzene rings is 2. The molecular formula is C31H27ClN4O3. The normalized spacial score (nSPS) is 15.0. The summed E-state index contributed by atoms with van der Waals surface area (Å²) in [6.45, 7) is 2.25. The zero-order valence-electron chi connectivity index (χ0n) is 21.4. The molecule has 7 nitrogen and oxygen atoms in total. The lowest BCUT2D eigenvalue weighted by Gasteiger charge is -2.29. The van der Waals surface area contributed by atoms with Crippen molar-refractivity contribution in [1.29, 1.82) is 0 Å². The van der Waals surface area contributed by atoms with Gasteiger partial charge < -0.3 is 10.2 Å². The Labute approximate surface area is 231 Å². The molecule has 4 aromatic rings. The molecule has 0 radical (unpaired) electrons. The number of aromatic nitrogens is 2. The van der Waals surface area contributed by atoms with E-state index < -0.39 is 6.04 Å². The predicted molar refractivity (Wildman–Crippen MR) is 150 cm³/mol. The number of pyridine rings is 2. The molecule has 2 amide bonds. The molecule has 3 heterocycles. The minimum absolute atomic E-state index is 0.0641. The van der Waals surface area contributed by atoms with Gasteiger partial charge in [0.2, 0.25) is 0 Å². The smallest absolute Gasteiger partial charge is 0.256 e. The van der Waals surface area contributed by atoms with E-state index in [-0.39, 0.29) is 30.6 Å². The first-order chi connectivity index (χ1) is 18.9. The van der Waals surface area contributed by atoms with Crippen LogP contribution in [0.15, 0.2) is 85.3 Å². The number of amides is 2. The van der Waals surface area contributed by atoms with Gasteiger partial charge in [-0.1, -0.05) is 42.8 Å². The summed E-state index contributed by atoms with van der Waals surface area (Å²) >= 11 is 6.18. The Morgan fingerprint density at radius 1 is 1.00 bits per heavy atom. The Hall–Kier alpha value is -4.36. The van der Waals surface area contributed by atoms with E-state index >= 15 is 0 Å². The summed E-state index contributed by atoms with van der Waals surface area (Å²) in [5, 5.41) is 3.29. The number of hydrogen-bond donors (Lipinski definition) is 1. The van der Waals surface area contributed by atoms with Crippen molar-refractivity contribution >= 4 is 35.0 Å². The molecule has 1 aliphatic rings. The Bertz CT molecular complexity index is 1510. The van der Waals surface area contributed by atoms with Gasteiger partial charge in [0.15, 0.2) is 5.78 Å². The van der Waals surface area contributed by atoms with Crippen molar-refractivity contribution in [3.05, 3.63) is 124 Å². The van der Waals surface area contributed by atoms with Crippen molar-refractivity contribution in [2.24, 2.45) is 0 Å². The quantitative estimate of drug-likeness (QED) is 0.343. The molecule has 0 bridgehead atoms. The Kier molecular flexibility index (Phi) is 7.79. The van der Waals surface area contributed by atoms with Crippen LogP contribution in [-0.4, -0.2) is 38.5 Å². The number of hydrogen-bond acceptors (Lipinski definition) is 5. The van der Waals surface area contributed by atoms with Crippen LogP contribution in [0.3, 0.4) is 0 Å². The SMILES string of the molecule is CCc1ccc(NC(=O)c2ccc(CN3C(=O)c4ccc(Cl)cc4CC(=O)[C@H]3Cc3cccnc3)cc2)nc1. The number of ketones is 1. The zero-order valence-corrected chi connectivity index (χ0v) is 22.2. The molecule has 0 spiro atoms. The summed E-state index contributed by atoms with van der Waals surface area (Å²) in [6, 6.07) is 18.8. The minimum Gasteiger partial charge on any atom is -0.324 e. The fourth-order valence-electron chi connectivity index (χ4n) is 4.70. The van der Waals surface area contributed by atoms with Gasteiger partial charge in [0.25, 0.3) is 11.8 Å². The van der Waals surface area contributed by atoms with Crippen molar-refractivity contribution in [1.82, 2.24) is 14.9 Å². The third kappa shape index (κ3) is 6.04. The van der Waals surface area contributed by atoms with Crippen LogP contribution >= 0.6 is 11.6 Å². The van der Waals surface area contributed by atoms with Crippen LogP contribution in [0.4, 0.5) is 5.82 Å². The van der Waals surface area contributed by atoms with E-state index in [9.17, 15) is 14.4 Å². The average Bonchev–Trinajstić information content (AvgIpc) is 3.04. The van der Waals surface area contributed by atoms with E-state index in [0.717, 1.165) is 23.1 Å². The highest BCUT2D eigenvalue weighted by molar-refractivity contribution is 6.30. The monoisotopic (exact) mass is 538 g/mol. The molecule has 0 unspecified atom stereocenters. The van der Waals surface area contributed by atoms with Gasteiger partial charge in [0.1, 0.15) is 5.82 Å². The number of aryl methyl sites for hydroxylation is 1. The Balaban J connectivity index is 1.39. The first kappa shape index (κ1) is 26.3. The number of anilines is 1. The molecule has 39 heavy (non-hydrogen) atoms. The van der Waals surface area contributed by atoms with Crippen LogP contribution in [-0.2, 0) is 30.6 Å². The number of nitrogens with zero attached hydrogens (tertiary/aromatic N) is 3. The summed E-state index contributed by atoms with van der Waals surface area (Å²) < 4.78 is 0. The van der Waals surface area contributed by atoms with E-state index in [4.69, 9.17) is 11.6 Å². The standard InChI is InChI=1S/C31H27ClN4O3/c1-2-20-7-12-29(34-18-20)35-30(38)23-8-5-21(6-9-23)19-36-27(14-22-4-3-13-33-17-22)28(37)16-24-15-25(32)10-11-26(24)31(36)39/h3-13,15,17-18,27H,2,14,16,19H2,1H3,(H,34,35,38)/t27-/m1/s1. The molecule has 5 rings (SSSR count). The lowest BCUT2D eigenvalue weighted by atomic mass is 9.98. The molecule has 1 N–H and O–H groups in total. The molecule has 0 saturated heterocycles. The maximum absolute atomic E-state index is 13.8. The van der Waals surface area contributed by atoms with Crippen molar-refractivity contribution in [3.8, 4) is 0 Å². The molecule has 0 saturated carbocycles. The predicted octanol–water partition coefficient (Wildman–Crippen LogP) is 5.32. The maximum Gasteiger partial charge on any atom is 0.256 e. The molecular weight excluding hydrogens is 512 g/mol. The first-order valence-electron chi connectivity index (χ1n) is 12.8. The number of Topliss-reactive ketones (excluding diaryl/α,β-unsaturated/α-hetero) is 1. The van der Waals surface area contributed by atoms with E-state index in [1.165, 1.54) is 0 Å². The number of nitrogens with one attached hydrogen (secondary N) is 1. The van der Waals surface area contributed by atoms with Gasteiger partial charge in [0, 0.05) is 54.1 Å². The number of rotatable bonds is 7. The second kappa shape index (κ2) is 11.6. The molecule has 0 aliphatic carbocycles. The minimum atomic E-state index is -0.673. The van der Waals surface area contributed by atoms with Gasteiger partial charge in [-0.25, -0.2) is 4.98 Å². The number of fused-ring (bicyclic) bond motifs is 1. The topological polar surface area (TPSA) is 92.3 Å². The molecule has 2 aromatic carbocycles. The van der Waals surface area contributed by atoms with Crippen LogP contribution in [0.25, 0.3) is 0 Å². The fourth-order valence-corrected chi connectivity index (χ4v) is 4.89. The highest BCUT2D eigenvalue weighted by atomic mass is 35.5. The van der Waals surface area contributed by atoms with Crippen molar-refractivity contribution in [3.63, 3.8) is 0 Å². The maximum atomic E-state index is 13.8. The molecule has 196 valence electrons. The van der Waals surface area contributed by atoms with Gasteiger partial charge in [-0.05, 0) is 71.1 Å². The third-order valence-corrected chi connectivity index (χ3v) is 7.10. The third-order valence-electron chi connectivity index (χ3n) is 6.87. The summed E-state index contributed by atoms with van der Waals surface area (Å²) in [5.41, 5.74) is 4.32. The van der Waals surface area contributed by atoms with Crippen LogP contribution in [0, 0.1) is 0 Å². The first-order valence-corrected chi connectivity index (χ1v) is 13.2. The summed E-state index contributed by atoms with van der Waals surface area (Å²) in [5.74, 6) is -0.0952. The average molecular weight is 539 g/mol. The second-order valence-electron chi connectivity index (χ2n) is 9.52. The molecule has 1 atom stereocenters. The van der Waals surface area contributed by atoms with Crippen molar-refractivity contribution in [2.45, 2.75) is 38.8 Å². The van der Waals surface area contributed by atoms with Gasteiger partial charge in [-0.3, -0.25) is 19.4 Å². The summed E-state index contributed by atoms with van der Waals surface area (Å²) in [7, 11) is 0.